The van der Waals surface area contributed by atoms with Gasteiger partial charge in [-0.3, -0.25) is 0 Å². The highest BCUT2D eigenvalue weighted by atomic mass is 15.1. The van der Waals surface area contributed by atoms with Gasteiger partial charge in [0.15, 0.2) is 37.9 Å². The van der Waals surface area contributed by atoms with Gasteiger partial charge in [-0.25, -0.2) is 9.13 Å². The van der Waals surface area contributed by atoms with Gasteiger partial charge in [0.2, 0.25) is 0 Å². The highest BCUT2D eigenvalue weighted by Gasteiger charge is 2.13. The number of aryl methyl sites for hydroxylation is 2. The average Bonchev–Trinajstić information content (AvgIpc) is 3.41. The first-order chi connectivity index (χ1) is 16.3. The smallest absolute Gasteiger partial charge is 0.173 e. The van der Waals surface area contributed by atoms with E-state index in [0.717, 1.165) is 25.9 Å². The Balaban J connectivity index is 1.12. The molecule has 0 saturated carbocycles. The molecule has 2 aromatic heterocycles. The summed E-state index contributed by atoms with van der Waals surface area (Å²) in [6.07, 6.45) is 13.4. The molecule has 3 heteroatoms. The Kier molecular flexibility index (Phi) is 6.77. The minimum Gasteiger partial charge on any atom is -0.371 e. The minimum absolute atomic E-state index is 0.918. The topological polar surface area (TPSA) is 11.0 Å². The lowest BCUT2D eigenvalue weighted by atomic mass is 10.0. The van der Waals surface area contributed by atoms with Crippen LogP contribution in [0.25, 0.3) is 0 Å². The highest BCUT2D eigenvalue weighted by Crippen LogP contribution is 2.18. The fourth-order valence-corrected chi connectivity index (χ4v) is 4.61. The van der Waals surface area contributed by atoms with Crippen molar-refractivity contribution in [1.29, 1.82) is 0 Å². The van der Waals surface area contributed by atoms with E-state index in [-0.39, 0.29) is 0 Å². The Morgan fingerprint density at radius 3 is 1.48 bits per heavy atom. The van der Waals surface area contributed by atoms with Crippen molar-refractivity contribution in [3.8, 4) is 0 Å². The van der Waals surface area contributed by atoms with Crippen LogP contribution in [0, 0.1) is 0 Å². The third kappa shape index (κ3) is 5.87. The summed E-state index contributed by atoms with van der Waals surface area (Å²) in [6, 6.07) is 28.9. The van der Waals surface area contributed by atoms with Crippen molar-refractivity contribution < 1.29 is 9.13 Å². The summed E-state index contributed by atoms with van der Waals surface area (Å²) >= 11 is 0. The number of nitrogens with zero attached hydrogens (tertiary/aromatic N) is 3. The van der Waals surface area contributed by atoms with Crippen LogP contribution in [0.15, 0.2) is 104 Å². The number of hydrogen-bond acceptors (Lipinski definition) is 1. The van der Waals surface area contributed by atoms with Gasteiger partial charge in [-0.2, -0.15) is 0 Å². The van der Waals surface area contributed by atoms with Crippen LogP contribution in [0.2, 0.25) is 0 Å². The molecule has 1 aliphatic rings. The molecule has 0 radical (unpaired) electrons. The van der Waals surface area contributed by atoms with Crippen LogP contribution in [0.4, 0.5) is 5.69 Å². The molecule has 4 aromatic rings. The quantitative estimate of drug-likeness (QED) is 0.364. The molecule has 1 saturated heterocycles. The molecule has 0 amide bonds. The number of anilines is 1. The van der Waals surface area contributed by atoms with Gasteiger partial charge in [0.25, 0.3) is 0 Å². The second-order valence-corrected chi connectivity index (χ2v) is 9.10. The number of pyridine rings is 2. The van der Waals surface area contributed by atoms with Gasteiger partial charge in [0.05, 0.1) is 0 Å². The molecule has 0 bridgehead atoms. The zero-order chi connectivity index (χ0) is 22.3. The van der Waals surface area contributed by atoms with Gasteiger partial charge in [-0.05, 0) is 36.8 Å². The summed E-state index contributed by atoms with van der Waals surface area (Å²) in [7, 11) is 0. The Morgan fingerprint density at radius 2 is 0.970 bits per heavy atom. The van der Waals surface area contributed by atoms with E-state index in [1.807, 2.05) is 0 Å². The molecule has 0 N–H and O–H groups in total. The van der Waals surface area contributed by atoms with E-state index in [9.17, 15) is 0 Å². The van der Waals surface area contributed by atoms with Crippen LogP contribution >= 0.6 is 0 Å². The van der Waals surface area contributed by atoms with Crippen LogP contribution in [0.5, 0.6) is 0 Å². The molecule has 1 aliphatic heterocycles. The first kappa shape index (κ1) is 21.4. The number of rotatable bonds is 8. The van der Waals surface area contributed by atoms with Crippen molar-refractivity contribution in [1.82, 2.24) is 0 Å². The minimum atomic E-state index is 0.918. The number of aromatic nitrogens is 2. The van der Waals surface area contributed by atoms with Crippen LogP contribution in [0.3, 0.4) is 0 Å². The van der Waals surface area contributed by atoms with Crippen molar-refractivity contribution in [2.24, 2.45) is 0 Å². The van der Waals surface area contributed by atoms with Gasteiger partial charge in [-0.15, -0.1) is 0 Å². The fraction of sp³-hybridized carbons (Fsp3) is 0.267. The first-order valence-corrected chi connectivity index (χ1v) is 12.2. The Morgan fingerprint density at radius 1 is 0.515 bits per heavy atom. The SMILES string of the molecule is c1cc[n+](Cc2ccc(CCc3ccc(C[n+]4ccc(N5CCCC5)cc4)cc3)cc2)cc1. The Hall–Kier alpha value is -3.46. The average molecular weight is 436 g/mol. The zero-order valence-electron chi connectivity index (χ0n) is 19.3. The maximum absolute atomic E-state index is 2.48. The Labute approximate surface area is 197 Å². The molecule has 5 rings (SSSR count). The van der Waals surface area contributed by atoms with Crippen molar-refractivity contribution in [3.05, 3.63) is 126 Å². The van der Waals surface area contributed by atoms with Gasteiger partial charge in [-0.1, -0.05) is 54.6 Å². The zero-order valence-corrected chi connectivity index (χ0v) is 19.3. The molecular weight excluding hydrogens is 402 g/mol. The molecular formula is C30H33N3+2. The normalized spacial score (nSPS) is 13.4. The standard InChI is InChI=1S/C30H33N3/c1-2-18-31(19-3-1)24-28-12-8-26(9-13-28)6-7-27-10-14-29(15-11-27)25-32-22-16-30(17-23-32)33-20-4-5-21-33/h1-3,8-19,22-23H,4-7,20-21,24-25H2/q+2. The largest absolute Gasteiger partial charge is 0.371 e. The lowest BCUT2D eigenvalue weighted by Gasteiger charge is -2.16. The Bertz CT molecular complexity index is 1130. The first-order valence-electron chi connectivity index (χ1n) is 12.2. The molecule has 3 nitrogen and oxygen atoms in total. The lowest BCUT2D eigenvalue weighted by molar-refractivity contribution is -0.688. The number of hydrogen-bond donors (Lipinski definition) is 0. The molecule has 0 aliphatic carbocycles. The van der Waals surface area contributed by atoms with Crippen molar-refractivity contribution in [2.45, 2.75) is 38.8 Å². The maximum atomic E-state index is 2.48. The van der Waals surface area contributed by atoms with Crippen LogP contribution in [-0.2, 0) is 25.9 Å². The monoisotopic (exact) mass is 435 g/mol. The maximum Gasteiger partial charge on any atom is 0.173 e. The molecule has 166 valence electrons. The highest BCUT2D eigenvalue weighted by molar-refractivity contribution is 5.44. The molecule has 0 unspecified atom stereocenters. The van der Waals surface area contributed by atoms with Gasteiger partial charge >= 0.3 is 0 Å². The summed E-state index contributed by atoms with van der Waals surface area (Å²) < 4.78 is 4.47. The predicted octanol–water partition coefficient (Wildman–Crippen LogP) is 4.74. The second kappa shape index (κ2) is 10.4. The van der Waals surface area contributed by atoms with E-state index < -0.39 is 0 Å². The fourth-order valence-electron chi connectivity index (χ4n) is 4.61. The molecule has 0 atom stereocenters. The summed E-state index contributed by atoms with van der Waals surface area (Å²) in [5, 5.41) is 0. The second-order valence-electron chi connectivity index (χ2n) is 9.10. The van der Waals surface area contributed by atoms with Gasteiger partial charge in [0, 0.05) is 54.2 Å². The molecule has 0 spiro atoms. The third-order valence-electron chi connectivity index (χ3n) is 6.60. The van der Waals surface area contributed by atoms with Crippen LogP contribution in [-0.4, -0.2) is 13.1 Å². The third-order valence-corrected chi connectivity index (χ3v) is 6.60. The van der Waals surface area contributed by atoms with Crippen molar-refractivity contribution in [3.63, 3.8) is 0 Å². The van der Waals surface area contributed by atoms with Gasteiger partial charge < -0.3 is 4.90 Å². The van der Waals surface area contributed by atoms with Gasteiger partial charge in [0.1, 0.15) is 0 Å². The summed E-state index contributed by atoms with van der Waals surface area (Å²) in [6.45, 7) is 4.23. The summed E-state index contributed by atoms with van der Waals surface area (Å²) in [5.41, 5.74) is 6.84. The van der Waals surface area contributed by atoms with Crippen LogP contribution < -0.4 is 14.0 Å². The predicted molar refractivity (Wildman–Crippen MR) is 133 cm³/mol. The lowest BCUT2D eigenvalue weighted by Crippen LogP contribution is -2.33. The van der Waals surface area contributed by atoms with E-state index >= 15 is 0 Å². The summed E-state index contributed by atoms with van der Waals surface area (Å²) in [4.78, 5) is 2.48. The molecule has 2 aromatic carbocycles. The van der Waals surface area contributed by atoms with E-state index in [1.165, 1.54) is 53.9 Å². The van der Waals surface area contributed by atoms with Crippen molar-refractivity contribution >= 4 is 5.69 Å². The summed E-state index contributed by atoms with van der Waals surface area (Å²) in [5.74, 6) is 0. The van der Waals surface area contributed by atoms with E-state index in [1.54, 1.807) is 0 Å². The van der Waals surface area contributed by atoms with E-state index in [0.29, 0.717) is 0 Å². The number of benzene rings is 2. The van der Waals surface area contributed by atoms with Crippen LogP contribution in [0.1, 0.15) is 35.1 Å². The molecule has 1 fully saturated rings. The van der Waals surface area contributed by atoms with E-state index in [2.05, 4.69) is 118 Å². The molecule has 3 heterocycles. The molecule has 33 heavy (non-hydrogen) atoms. The van der Waals surface area contributed by atoms with Crippen molar-refractivity contribution in [2.75, 3.05) is 18.0 Å². The van der Waals surface area contributed by atoms with E-state index in [4.69, 9.17) is 0 Å².